The number of carbonyl (C=O) groups excluding carboxylic acids is 3. The maximum atomic E-state index is 11.6. The molecule has 18 heavy (non-hydrogen) atoms. The van der Waals surface area contributed by atoms with Gasteiger partial charge < -0.3 is 14.3 Å². The van der Waals surface area contributed by atoms with E-state index in [0.717, 1.165) is 14.2 Å². The quantitative estimate of drug-likeness (QED) is 0.441. The first kappa shape index (κ1) is 13.9. The average Bonchev–Trinajstić information content (AvgIpc) is 2.44. The molecule has 0 spiro atoms. The molecule has 1 aromatic rings. The van der Waals surface area contributed by atoms with Gasteiger partial charge in [-0.25, -0.2) is 0 Å². The van der Waals surface area contributed by atoms with Crippen LogP contribution >= 0.6 is 0 Å². The number of esters is 2. The molecule has 1 rings (SSSR count). The molecule has 0 N–H and O–H groups in total. The van der Waals surface area contributed by atoms with Crippen LogP contribution in [0.25, 0.3) is 0 Å². The molecule has 0 aliphatic heterocycles. The Morgan fingerprint density at radius 2 is 1.56 bits per heavy atom. The number of methoxy groups -OCH3 is 2. The van der Waals surface area contributed by atoms with Crippen LogP contribution in [0.4, 0.5) is 0 Å². The van der Waals surface area contributed by atoms with Crippen molar-refractivity contribution in [3.63, 3.8) is 0 Å². The smallest absolute Gasteiger partial charge is 0.321 e. The molecule has 0 heterocycles. The van der Waals surface area contributed by atoms with E-state index in [2.05, 4.69) is 9.47 Å². The van der Waals surface area contributed by atoms with Crippen molar-refractivity contribution in [2.45, 2.75) is 5.92 Å². The number of hydrogen-bond acceptors (Lipinski definition) is 5. The zero-order valence-corrected chi connectivity index (χ0v) is 10.2. The lowest BCUT2D eigenvalue weighted by atomic mass is 9.87. The normalized spacial score (nSPS) is 11.7. The lowest BCUT2D eigenvalue weighted by Gasteiger charge is -2.18. The number of ether oxygens (including phenoxy) is 2. The molecular weight excluding hydrogens is 236 g/mol. The van der Waals surface area contributed by atoms with Gasteiger partial charge in [0.2, 0.25) is 0 Å². The van der Waals surface area contributed by atoms with E-state index < -0.39 is 23.8 Å². The monoisotopic (exact) mass is 250 g/mol. The summed E-state index contributed by atoms with van der Waals surface area (Å²) in [5.41, 5.74) is 0.563. The minimum atomic E-state index is -1.28. The average molecular weight is 250 g/mol. The van der Waals surface area contributed by atoms with Crippen molar-refractivity contribution in [1.82, 2.24) is 0 Å². The third-order valence-corrected chi connectivity index (χ3v) is 2.60. The minimum Gasteiger partial charge on any atom is -0.468 e. The zero-order chi connectivity index (χ0) is 13.5. The molecule has 5 nitrogen and oxygen atoms in total. The minimum absolute atomic E-state index is 0.549. The van der Waals surface area contributed by atoms with Gasteiger partial charge in [0.1, 0.15) is 6.29 Å². The van der Waals surface area contributed by atoms with Crippen molar-refractivity contribution in [3.8, 4) is 0 Å². The third-order valence-electron chi connectivity index (χ3n) is 2.60. The van der Waals surface area contributed by atoms with E-state index in [0.29, 0.717) is 11.8 Å². The summed E-state index contributed by atoms with van der Waals surface area (Å²) in [6.45, 7) is 0. The number of rotatable bonds is 5. The molecule has 5 heteroatoms. The van der Waals surface area contributed by atoms with Gasteiger partial charge in [-0.15, -0.1) is 0 Å². The lowest BCUT2D eigenvalue weighted by Crippen LogP contribution is -2.33. The summed E-state index contributed by atoms with van der Waals surface area (Å²) < 4.78 is 9.08. The summed E-state index contributed by atoms with van der Waals surface area (Å²) >= 11 is 0. The molecule has 1 unspecified atom stereocenters. The highest BCUT2D eigenvalue weighted by atomic mass is 16.5. The van der Waals surface area contributed by atoms with Crippen molar-refractivity contribution >= 4 is 18.2 Å². The summed E-state index contributed by atoms with van der Waals surface area (Å²) in [6.07, 6.45) is 0.549. The first-order valence-corrected chi connectivity index (χ1v) is 5.31. The summed E-state index contributed by atoms with van der Waals surface area (Å²) in [4.78, 5) is 34.4. The van der Waals surface area contributed by atoms with Crippen LogP contribution in [0, 0.1) is 5.92 Å². The predicted octanol–water partition coefficient (Wildman–Crippen LogP) is 0.931. The Balaban J connectivity index is 3.13. The van der Waals surface area contributed by atoms with E-state index in [-0.39, 0.29) is 0 Å². The molecule has 0 aliphatic carbocycles. The third kappa shape index (κ3) is 2.94. The van der Waals surface area contributed by atoms with Crippen LogP contribution in [0.15, 0.2) is 30.3 Å². The summed E-state index contributed by atoms with van der Waals surface area (Å²) in [5.74, 6) is -3.77. The lowest BCUT2D eigenvalue weighted by molar-refractivity contribution is -0.160. The van der Waals surface area contributed by atoms with E-state index in [1.165, 1.54) is 0 Å². The molecule has 0 fully saturated rings. The van der Waals surface area contributed by atoms with Crippen LogP contribution in [0.1, 0.15) is 11.5 Å². The Kier molecular flexibility index (Phi) is 5.05. The summed E-state index contributed by atoms with van der Waals surface area (Å²) in [7, 11) is 2.32. The van der Waals surface area contributed by atoms with Gasteiger partial charge in [0, 0.05) is 0 Å². The molecule has 96 valence electrons. The van der Waals surface area contributed by atoms with E-state index in [1.54, 1.807) is 30.3 Å². The predicted molar refractivity (Wildman–Crippen MR) is 62.8 cm³/mol. The zero-order valence-electron chi connectivity index (χ0n) is 10.2. The second-order valence-electron chi connectivity index (χ2n) is 3.60. The van der Waals surface area contributed by atoms with E-state index in [9.17, 15) is 14.4 Å². The van der Waals surface area contributed by atoms with Gasteiger partial charge in [0.25, 0.3) is 0 Å². The van der Waals surface area contributed by atoms with Crippen LogP contribution in [0.5, 0.6) is 0 Å². The maximum absolute atomic E-state index is 11.6. The molecular formula is C13H14O5. The summed E-state index contributed by atoms with van der Waals surface area (Å²) in [6, 6.07) is 8.54. The van der Waals surface area contributed by atoms with Gasteiger partial charge in [0.05, 0.1) is 20.1 Å². The number of hydrogen-bond donors (Lipinski definition) is 0. The largest absolute Gasteiger partial charge is 0.468 e. The van der Waals surface area contributed by atoms with Crippen molar-refractivity contribution in [2.24, 2.45) is 5.92 Å². The highest BCUT2D eigenvalue weighted by Gasteiger charge is 2.37. The number of aldehydes is 1. The van der Waals surface area contributed by atoms with Crippen molar-refractivity contribution < 1.29 is 23.9 Å². The van der Waals surface area contributed by atoms with Crippen LogP contribution in [0.3, 0.4) is 0 Å². The SMILES string of the molecule is COC(=O)C(C(=O)OC)C(C=O)c1ccccc1. The van der Waals surface area contributed by atoms with Crippen molar-refractivity contribution in [3.05, 3.63) is 35.9 Å². The second kappa shape index (κ2) is 6.54. The van der Waals surface area contributed by atoms with Crippen LogP contribution < -0.4 is 0 Å². The summed E-state index contributed by atoms with van der Waals surface area (Å²) in [5, 5.41) is 0. The molecule has 1 atom stereocenters. The van der Waals surface area contributed by atoms with Crippen molar-refractivity contribution in [1.29, 1.82) is 0 Å². The standard InChI is InChI=1S/C13H14O5/c1-17-12(15)11(13(16)18-2)10(8-14)9-6-4-3-5-7-9/h3-8,10-11H,1-2H3. The van der Waals surface area contributed by atoms with E-state index in [1.807, 2.05) is 0 Å². The fourth-order valence-electron chi connectivity index (χ4n) is 1.67. The highest BCUT2D eigenvalue weighted by molar-refractivity contribution is 5.99. The Labute approximate surface area is 105 Å². The Bertz CT molecular complexity index is 410. The van der Waals surface area contributed by atoms with Crippen molar-refractivity contribution in [2.75, 3.05) is 14.2 Å². The van der Waals surface area contributed by atoms with E-state index in [4.69, 9.17) is 0 Å². The first-order valence-electron chi connectivity index (χ1n) is 5.31. The van der Waals surface area contributed by atoms with Gasteiger partial charge >= 0.3 is 11.9 Å². The molecule has 1 aromatic carbocycles. The fraction of sp³-hybridized carbons (Fsp3) is 0.308. The second-order valence-corrected chi connectivity index (χ2v) is 3.60. The molecule has 0 saturated carbocycles. The highest BCUT2D eigenvalue weighted by Crippen LogP contribution is 2.25. The van der Waals surface area contributed by atoms with Gasteiger partial charge in [-0.2, -0.15) is 0 Å². The molecule has 0 aromatic heterocycles. The van der Waals surface area contributed by atoms with E-state index >= 15 is 0 Å². The Hall–Kier alpha value is -2.17. The van der Waals surface area contributed by atoms with Crippen LogP contribution in [-0.4, -0.2) is 32.4 Å². The molecule has 0 aliphatic rings. The topological polar surface area (TPSA) is 69.7 Å². The molecule has 0 bridgehead atoms. The van der Waals surface area contributed by atoms with Crippen LogP contribution in [0.2, 0.25) is 0 Å². The van der Waals surface area contributed by atoms with Gasteiger partial charge in [-0.3, -0.25) is 9.59 Å². The number of benzene rings is 1. The number of carbonyl (C=O) groups is 3. The fourth-order valence-corrected chi connectivity index (χ4v) is 1.67. The first-order chi connectivity index (χ1) is 8.65. The maximum Gasteiger partial charge on any atom is 0.321 e. The Morgan fingerprint density at radius 1 is 1.06 bits per heavy atom. The van der Waals surface area contributed by atoms with Gasteiger partial charge in [-0.1, -0.05) is 30.3 Å². The van der Waals surface area contributed by atoms with Gasteiger partial charge in [-0.05, 0) is 5.56 Å². The Morgan fingerprint density at radius 3 is 1.94 bits per heavy atom. The van der Waals surface area contributed by atoms with Crippen LogP contribution in [-0.2, 0) is 23.9 Å². The molecule has 0 amide bonds. The molecule has 0 radical (unpaired) electrons. The van der Waals surface area contributed by atoms with Gasteiger partial charge in [0.15, 0.2) is 5.92 Å². The molecule has 0 saturated heterocycles.